The first-order chi connectivity index (χ1) is 5.83. The average molecular weight is 165 g/mol. The Morgan fingerprint density at radius 3 is 3.17 bits per heavy atom. The molecular formula is C10H15NO. The highest BCUT2D eigenvalue weighted by Gasteiger charge is 1.99. The zero-order chi connectivity index (χ0) is 8.81. The lowest BCUT2D eigenvalue weighted by atomic mass is 10.2. The van der Waals surface area contributed by atoms with Gasteiger partial charge in [0.25, 0.3) is 0 Å². The van der Waals surface area contributed by atoms with Crippen LogP contribution in [-0.4, -0.2) is 6.04 Å². The van der Waals surface area contributed by atoms with E-state index in [4.69, 9.17) is 4.42 Å². The molecule has 1 unspecified atom stereocenters. The summed E-state index contributed by atoms with van der Waals surface area (Å²) in [5.41, 5.74) is 0. The molecule has 0 aromatic carbocycles. The largest absolute Gasteiger partial charge is 0.468 e. The molecule has 0 fully saturated rings. The van der Waals surface area contributed by atoms with E-state index >= 15 is 0 Å². The van der Waals surface area contributed by atoms with Crippen molar-refractivity contribution in [1.82, 2.24) is 5.32 Å². The molecule has 2 heteroatoms. The maximum Gasteiger partial charge on any atom is 0.117 e. The highest BCUT2D eigenvalue weighted by molar-refractivity contribution is 4.97. The fraction of sp³-hybridized carbons (Fsp3) is 0.400. The first-order valence-electron chi connectivity index (χ1n) is 4.19. The van der Waals surface area contributed by atoms with E-state index in [1.54, 1.807) is 6.26 Å². The monoisotopic (exact) mass is 165 g/mol. The molecule has 0 bridgehead atoms. The van der Waals surface area contributed by atoms with Gasteiger partial charge in [0.2, 0.25) is 0 Å². The van der Waals surface area contributed by atoms with Gasteiger partial charge in [-0.1, -0.05) is 6.08 Å². The Kier molecular flexibility index (Phi) is 3.61. The molecule has 0 aliphatic heterocycles. The van der Waals surface area contributed by atoms with Crippen LogP contribution in [0.15, 0.2) is 35.5 Å². The van der Waals surface area contributed by atoms with E-state index in [1.165, 1.54) is 0 Å². The van der Waals surface area contributed by atoms with E-state index in [2.05, 4.69) is 18.8 Å². The van der Waals surface area contributed by atoms with Crippen molar-refractivity contribution in [3.8, 4) is 0 Å². The van der Waals surface area contributed by atoms with Gasteiger partial charge >= 0.3 is 0 Å². The summed E-state index contributed by atoms with van der Waals surface area (Å²) in [4.78, 5) is 0. The van der Waals surface area contributed by atoms with E-state index in [9.17, 15) is 0 Å². The van der Waals surface area contributed by atoms with Gasteiger partial charge in [-0.25, -0.2) is 0 Å². The molecule has 0 saturated heterocycles. The Morgan fingerprint density at radius 1 is 1.75 bits per heavy atom. The highest BCUT2D eigenvalue weighted by Crippen LogP contribution is 2.00. The maximum absolute atomic E-state index is 5.17. The summed E-state index contributed by atoms with van der Waals surface area (Å²) in [5.74, 6) is 0.978. The summed E-state index contributed by atoms with van der Waals surface area (Å²) in [6.07, 6.45) is 4.59. The topological polar surface area (TPSA) is 25.2 Å². The second-order valence-electron chi connectivity index (χ2n) is 2.89. The predicted molar refractivity (Wildman–Crippen MR) is 49.8 cm³/mol. The van der Waals surface area contributed by atoms with Crippen molar-refractivity contribution < 1.29 is 4.42 Å². The smallest absolute Gasteiger partial charge is 0.117 e. The molecule has 12 heavy (non-hydrogen) atoms. The third-order valence-corrected chi connectivity index (χ3v) is 1.73. The van der Waals surface area contributed by atoms with Crippen molar-refractivity contribution in [3.05, 3.63) is 36.8 Å². The Labute approximate surface area is 73.3 Å². The molecule has 0 amide bonds. The van der Waals surface area contributed by atoms with E-state index < -0.39 is 0 Å². The number of rotatable bonds is 5. The van der Waals surface area contributed by atoms with Gasteiger partial charge in [0.15, 0.2) is 0 Å². The second-order valence-corrected chi connectivity index (χ2v) is 2.89. The van der Waals surface area contributed by atoms with Crippen molar-refractivity contribution in [2.24, 2.45) is 0 Å². The summed E-state index contributed by atoms with van der Waals surface area (Å²) < 4.78 is 5.17. The summed E-state index contributed by atoms with van der Waals surface area (Å²) in [6.45, 7) is 6.61. The van der Waals surface area contributed by atoms with Crippen LogP contribution in [0.3, 0.4) is 0 Å². The van der Waals surface area contributed by atoms with Crippen LogP contribution >= 0.6 is 0 Å². The molecule has 2 nitrogen and oxygen atoms in total. The summed E-state index contributed by atoms with van der Waals surface area (Å²) in [7, 11) is 0. The van der Waals surface area contributed by atoms with Crippen molar-refractivity contribution in [3.63, 3.8) is 0 Å². The molecular weight excluding hydrogens is 150 g/mol. The second kappa shape index (κ2) is 4.78. The van der Waals surface area contributed by atoms with E-state index in [0.717, 1.165) is 18.7 Å². The third-order valence-electron chi connectivity index (χ3n) is 1.73. The first-order valence-corrected chi connectivity index (χ1v) is 4.19. The molecule has 1 atom stereocenters. The van der Waals surface area contributed by atoms with Gasteiger partial charge < -0.3 is 9.73 Å². The molecule has 0 spiro atoms. The van der Waals surface area contributed by atoms with Gasteiger partial charge in [0.05, 0.1) is 12.8 Å². The number of nitrogens with one attached hydrogen (secondary N) is 1. The SMILES string of the molecule is C=CCC(C)NCc1ccco1. The standard InChI is InChI=1S/C10H15NO/c1-3-5-9(2)11-8-10-6-4-7-12-10/h3-4,6-7,9,11H,1,5,8H2,2H3. The average Bonchev–Trinajstić information content (AvgIpc) is 2.53. The normalized spacial score (nSPS) is 12.8. The summed E-state index contributed by atoms with van der Waals surface area (Å²) >= 11 is 0. The molecule has 66 valence electrons. The van der Waals surface area contributed by atoms with Crippen molar-refractivity contribution in [2.75, 3.05) is 0 Å². The number of furan rings is 1. The lowest BCUT2D eigenvalue weighted by Crippen LogP contribution is -2.24. The predicted octanol–water partition coefficient (Wildman–Crippen LogP) is 2.33. The van der Waals surface area contributed by atoms with Crippen LogP contribution in [0.4, 0.5) is 0 Å². The van der Waals surface area contributed by atoms with Crippen LogP contribution < -0.4 is 5.32 Å². The molecule has 0 radical (unpaired) electrons. The molecule has 1 rings (SSSR count). The molecule has 1 aromatic rings. The fourth-order valence-corrected chi connectivity index (χ4v) is 1.02. The summed E-state index contributed by atoms with van der Waals surface area (Å²) in [5, 5.41) is 3.32. The van der Waals surface area contributed by atoms with Gasteiger partial charge in [-0.15, -0.1) is 6.58 Å². The van der Waals surface area contributed by atoms with E-state index in [0.29, 0.717) is 6.04 Å². The minimum atomic E-state index is 0.465. The van der Waals surface area contributed by atoms with Crippen molar-refractivity contribution in [2.45, 2.75) is 25.9 Å². The highest BCUT2D eigenvalue weighted by atomic mass is 16.3. The van der Waals surface area contributed by atoms with Crippen LogP contribution in [-0.2, 0) is 6.54 Å². The lowest BCUT2D eigenvalue weighted by molar-refractivity contribution is 0.456. The van der Waals surface area contributed by atoms with Crippen LogP contribution in [0.25, 0.3) is 0 Å². The Balaban J connectivity index is 2.21. The Hall–Kier alpha value is -1.02. The quantitative estimate of drug-likeness (QED) is 0.677. The minimum Gasteiger partial charge on any atom is -0.468 e. The molecule has 0 aliphatic rings. The van der Waals surface area contributed by atoms with E-state index in [-0.39, 0.29) is 0 Å². The first kappa shape index (κ1) is 9.07. The zero-order valence-corrected chi connectivity index (χ0v) is 7.42. The van der Waals surface area contributed by atoms with Crippen LogP contribution in [0, 0.1) is 0 Å². The molecule has 1 N–H and O–H groups in total. The van der Waals surface area contributed by atoms with Crippen LogP contribution in [0.1, 0.15) is 19.1 Å². The van der Waals surface area contributed by atoms with Crippen molar-refractivity contribution >= 4 is 0 Å². The van der Waals surface area contributed by atoms with Crippen LogP contribution in [0.2, 0.25) is 0 Å². The fourth-order valence-electron chi connectivity index (χ4n) is 1.02. The zero-order valence-electron chi connectivity index (χ0n) is 7.42. The van der Waals surface area contributed by atoms with Crippen LogP contribution in [0.5, 0.6) is 0 Å². The van der Waals surface area contributed by atoms with Gasteiger partial charge in [-0.05, 0) is 25.5 Å². The van der Waals surface area contributed by atoms with E-state index in [1.807, 2.05) is 18.2 Å². The van der Waals surface area contributed by atoms with Gasteiger partial charge in [0, 0.05) is 6.04 Å². The van der Waals surface area contributed by atoms with Gasteiger partial charge in [0.1, 0.15) is 5.76 Å². The summed E-state index contributed by atoms with van der Waals surface area (Å²) in [6, 6.07) is 4.33. The molecule has 0 saturated carbocycles. The van der Waals surface area contributed by atoms with Gasteiger partial charge in [-0.3, -0.25) is 0 Å². The number of hydrogen-bond donors (Lipinski definition) is 1. The molecule has 1 heterocycles. The molecule has 1 aromatic heterocycles. The third kappa shape index (κ3) is 2.93. The Bertz CT molecular complexity index is 216. The number of hydrogen-bond acceptors (Lipinski definition) is 2. The van der Waals surface area contributed by atoms with Gasteiger partial charge in [-0.2, -0.15) is 0 Å². The minimum absolute atomic E-state index is 0.465. The van der Waals surface area contributed by atoms with Crippen molar-refractivity contribution in [1.29, 1.82) is 0 Å². The Morgan fingerprint density at radius 2 is 2.58 bits per heavy atom. The maximum atomic E-state index is 5.17. The molecule has 0 aliphatic carbocycles. The lowest BCUT2D eigenvalue weighted by Gasteiger charge is -2.09.